The number of aliphatic hydroxyl groups is 1. The molecule has 0 aliphatic carbocycles. The molecule has 0 saturated carbocycles. The van der Waals surface area contributed by atoms with Gasteiger partial charge in [0.15, 0.2) is 0 Å². The molecule has 0 bridgehead atoms. The number of pyridine rings is 1. The first-order valence-corrected chi connectivity index (χ1v) is 7.29. The van der Waals surface area contributed by atoms with Gasteiger partial charge in [0, 0.05) is 12.7 Å². The molecule has 0 fully saturated rings. The van der Waals surface area contributed by atoms with E-state index in [-0.39, 0.29) is 16.5 Å². The number of H-pyrrole nitrogens is 1. The quantitative estimate of drug-likeness (QED) is 0.710. The van der Waals surface area contributed by atoms with Gasteiger partial charge in [-0.05, 0) is 18.9 Å². The lowest BCUT2D eigenvalue weighted by Crippen LogP contribution is -2.27. The third-order valence-electron chi connectivity index (χ3n) is 2.38. The molecule has 1 aromatic heterocycles. The van der Waals surface area contributed by atoms with Gasteiger partial charge in [-0.15, -0.1) is 0 Å². The zero-order valence-corrected chi connectivity index (χ0v) is 11.4. The number of sulfonamides is 1. The van der Waals surface area contributed by atoms with Crippen molar-refractivity contribution in [1.29, 1.82) is 0 Å². The average Bonchev–Trinajstić information content (AvgIpc) is 2.32. The summed E-state index contributed by atoms with van der Waals surface area (Å²) in [5.74, 6) is 0. The summed E-state index contributed by atoms with van der Waals surface area (Å²) in [5.41, 5.74) is -0.544. The Morgan fingerprint density at radius 3 is 2.78 bits per heavy atom. The second-order valence-corrected chi connectivity index (χ2v) is 5.94. The number of nitrogens with one attached hydrogen (secondary N) is 2. The number of aliphatic hydroxyl groups excluding tert-OH is 1. The molecule has 0 aliphatic rings. The fraction of sp³-hybridized carbons (Fsp3) is 0.500. The van der Waals surface area contributed by atoms with E-state index in [1.807, 2.05) is 0 Å². The largest absolute Gasteiger partial charge is 0.393 e. The normalized spacial score (nSPS) is 13.5. The first-order chi connectivity index (χ1) is 8.36. The van der Waals surface area contributed by atoms with Crippen LogP contribution in [0, 0.1) is 0 Å². The van der Waals surface area contributed by atoms with Gasteiger partial charge in [-0.2, -0.15) is 0 Å². The Kier molecular flexibility index (Phi) is 5.33. The van der Waals surface area contributed by atoms with Crippen molar-refractivity contribution in [3.8, 4) is 0 Å². The molecule has 0 amide bonds. The molecule has 0 spiro atoms. The topological polar surface area (TPSA) is 99.3 Å². The summed E-state index contributed by atoms with van der Waals surface area (Å²) in [6.45, 7) is 1.93. The van der Waals surface area contributed by atoms with Crippen LogP contribution in [0.2, 0.25) is 5.02 Å². The zero-order valence-electron chi connectivity index (χ0n) is 9.81. The van der Waals surface area contributed by atoms with E-state index in [0.29, 0.717) is 12.8 Å². The molecular weight excluding hydrogens is 280 g/mol. The first-order valence-electron chi connectivity index (χ1n) is 5.42. The van der Waals surface area contributed by atoms with Crippen LogP contribution in [-0.4, -0.2) is 31.2 Å². The Bertz CT molecular complexity index is 555. The molecule has 1 atom stereocenters. The smallest absolute Gasteiger partial charge is 0.266 e. The fourth-order valence-corrected chi connectivity index (χ4v) is 2.52. The zero-order chi connectivity index (χ0) is 13.8. The number of aromatic amines is 1. The van der Waals surface area contributed by atoms with Crippen molar-refractivity contribution in [2.45, 2.75) is 30.8 Å². The summed E-state index contributed by atoms with van der Waals surface area (Å²) in [7, 11) is -3.72. The van der Waals surface area contributed by atoms with Crippen LogP contribution in [-0.2, 0) is 10.0 Å². The summed E-state index contributed by atoms with van der Waals surface area (Å²) in [5, 5.41) is 9.11. The predicted molar refractivity (Wildman–Crippen MR) is 68.2 cm³/mol. The molecule has 1 rings (SSSR count). The van der Waals surface area contributed by atoms with Crippen molar-refractivity contribution in [3.05, 3.63) is 27.6 Å². The molecule has 6 nitrogen and oxygen atoms in total. The Morgan fingerprint density at radius 2 is 2.22 bits per heavy atom. The molecule has 0 saturated heterocycles. The molecule has 1 aromatic rings. The van der Waals surface area contributed by atoms with Crippen LogP contribution >= 0.6 is 11.6 Å². The fourth-order valence-electron chi connectivity index (χ4n) is 1.24. The summed E-state index contributed by atoms with van der Waals surface area (Å²) in [6, 6.07) is 1.08. The first kappa shape index (κ1) is 15.2. The second-order valence-electron chi connectivity index (χ2n) is 3.76. The van der Waals surface area contributed by atoms with Gasteiger partial charge >= 0.3 is 0 Å². The van der Waals surface area contributed by atoms with E-state index in [9.17, 15) is 18.3 Å². The van der Waals surface area contributed by atoms with E-state index >= 15 is 0 Å². The molecule has 0 radical (unpaired) electrons. The molecule has 0 aromatic carbocycles. The van der Waals surface area contributed by atoms with E-state index in [2.05, 4.69) is 9.71 Å². The maximum atomic E-state index is 11.8. The molecule has 102 valence electrons. The maximum absolute atomic E-state index is 11.8. The number of halogens is 1. The minimum Gasteiger partial charge on any atom is -0.393 e. The summed E-state index contributed by atoms with van der Waals surface area (Å²) < 4.78 is 25.9. The van der Waals surface area contributed by atoms with E-state index in [0.717, 1.165) is 12.3 Å². The van der Waals surface area contributed by atoms with Gasteiger partial charge < -0.3 is 10.1 Å². The predicted octanol–water partition coefficient (Wildman–Crippen LogP) is 0.468. The van der Waals surface area contributed by atoms with Gasteiger partial charge in [0.25, 0.3) is 5.56 Å². The van der Waals surface area contributed by atoms with Crippen molar-refractivity contribution in [2.75, 3.05) is 6.54 Å². The van der Waals surface area contributed by atoms with E-state index in [1.165, 1.54) is 0 Å². The Hall–Kier alpha value is -0.890. The van der Waals surface area contributed by atoms with Gasteiger partial charge in [-0.25, -0.2) is 13.1 Å². The van der Waals surface area contributed by atoms with Crippen LogP contribution in [0.1, 0.15) is 19.8 Å². The highest BCUT2D eigenvalue weighted by Gasteiger charge is 2.15. The average molecular weight is 295 g/mol. The molecule has 8 heteroatoms. The van der Waals surface area contributed by atoms with E-state index in [1.54, 1.807) is 6.92 Å². The minimum atomic E-state index is -3.72. The third kappa shape index (κ3) is 4.09. The Balaban J connectivity index is 2.74. The molecule has 3 N–H and O–H groups in total. The number of hydrogen-bond acceptors (Lipinski definition) is 4. The second kappa shape index (κ2) is 6.33. The van der Waals surface area contributed by atoms with Crippen LogP contribution in [0.3, 0.4) is 0 Å². The molecule has 1 heterocycles. The van der Waals surface area contributed by atoms with E-state index < -0.39 is 21.7 Å². The molecule has 0 aliphatic heterocycles. The van der Waals surface area contributed by atoms with Crippen molar-refractivity contribution in [2.24, 2.45) is 0 Å². The SMILES string of the molecule is CCC(O)CCNS(=O)(=O)c1c[nH]c(=O)c(Cl)c1. The number of rotatable bonds is 6. The van der Waals surface area contributed by atoms with Gasteiger partial charge in [-0.3, -0.25) is 4.79 Å². The standard InChI is InChI=1S/C10H15ClN2O4S/c1-2-7(14)3-4-13-18(16,17)8-5-9(11)10(15)12-6-8/h5-7,13-14H,2-4H2,1H3,(H,12,15). The highest BCUT2D eigenvalue weighted by Crippen LogP contribution is 2.10. The number of hydrogen-bond donors (Lipinski definition) is 3. The van der Waals surface area contributed by atoms with E-state index in [4.69, 9.17) is 11.6 Å². The van der Waals surface area contributed by atoms with Crippen molar-refractivity contribution in [3.63, 3.8) is 0 Å². The van der Waals surface area contributed by atoms with Crippen LogP contribution < -0.4 is 10.3 Å². The molecular formula is C10H15ClN2O4S. The Morgan fingerprint density at radius 1 is 1.56 bits per heavy atom. The molecule has 18 heavy (non-hydrogen) atoms. The van der Waals surface area contributed by atoms with Gasteiger partial charge in [-0.1, -0.05) is 18.5 Å². The summed E-state index contributed by atoms with van der Waals surface area (Å²) >= 11 is 5.55. The lowest BCUT2D eigenvalue weighted by Gasteiger charge is -2.09. The Labute approximate surface area is 110 Å². The van der Waals surface area contributed by atoms with Gasteiger partial charge in [0.1, 0.15) is 5.02 Å². The minimum absolute atomic E-state index is 0.113. The van der Waals surface area contributed by atoms with Crippen LogP contribution in [0.15, 0.2) is 22.0 Å². The number of aromatic nitrogens is 1. The van der Waals surface area contributed by atoms with Crippen molar-refractivity contribution in [1.82, 2.24) is 9.71 Å². The third-order valence-corrected chi connectivity index (χ3v) is 4.10. The lowest BCUT2D eigenvalue weighted by atomic mass is 10.2. The van der Waals surface area contributed by atoms with Crippen LogP contribution in [0.4, 0.5) is 0 Å². The van der Waals surface area contributed by atoms with Crippen molar-refractivity contribution >= 4 is 21.6 Å². The maximum Gasteiger partial charge on any atom is 0.266 e. The summed E-state index contributed by atoms with van der Waals surface area (Å²) in [4.78, 5) is 13.1. The van der Waals surface area contributed by atoms with Gasteiger partial charge in [0.2, 0.25) is 10.0 Å². The van der Waals surface area contributed by atoms with Gasteiger partial charge in [0.05, 0.1) is 11.0 Å². The van der Waals surface area contributed by atoms with Crippen LogP contribution in [0.25, 0.3) is 0 Å². The summed E-state index contributed by atoms with van der Waals surface area (Å²) in [6.07, 6.45) is 1.43. The van der Waals surface area contributed by atoms with Crippen LogP contribution in [0.5, 0.6) is 0 Å². The highest BCUT2D eigenvalue weighted by molar-refractivity contribution is 7.89. The lowest BCUT2D eigenvalue weighted by molar-refractivity contribution is 0.162. The van der Waals surface area contributed by atoms with Crippen molar-refractivity contribution < 1.29 is 13.5 Å². The highest BCUT2D eigenvalue weighted by atomic mass is 35.5. The molecule has 1 unspecified atom stereocenters. The monoisotopic (exact) mass is 294 g/mol.